The Morgan fingerprint density at radius 1 is 1.36 bits per heavy atom. The number of hydrogen-bond donors (Lipinski definition) is 1. The molecule has 0 bridgehead atoms. The van der Waals surface area contributed by atoms with Crippen LogP contribution >= 0.6 is 11.3 Å². The summed E-state index contributed by atoms with van der Waals surface area (Å²) in [4.78, 5) is 19.6. The van der Waals surface area contributed by atoms with Crippen molar-refractivity contribution in [2.75, 3.05) is 19.6 Å². The largest absolute Gasteiger partial charge is 0.341 e. The number of nitrogens with zero attached hydrogens (tertiary/aromatic N) is 2. The van der Waals surface area contributed by atoms with E-state index < -0.39 is 0 Å². The third-order valence-electron chi connectivity index (χ3n) is 4.82. The highest BCUT2D eigenvalue weighted by atomic mass is 32.1. The van der Waals surface area contributed by atoms with E-state index in [0.717, 1.165) is 38.9 Å². The van der Waals surface area contributed by atoms with Gasteiger partial charge < -0.3 is 10.2 Å². The highest BCUT2D eigenvalue weighted by molar-refractivity contribution is 7.09. The van der Waals surface area contributed by atoms with E-state index in [-0.39, 0.29) is 6.04 Å². The Morgan fingerprint density at radius 3 is 2.91 bits per heavy atom. The van der Waals surface area contributed by atoms with E-state index in [1.807, 2.05) is 0 Å². The summed E-state index contributed by atoms with van der Waals surface area (Å²) in [6, 6.07) is 0.0509. The summed E-state index contributed by atoms with van der Waals surface area (Å²) in [5.74, 6) is 1.22. The van der Waals surface area contributed by atoms with Crippen molar-refractivity contribution in [1.82, 2.24) is 15.2 Å². The third kappa shape index (κ3) is 3.51. The topological polar surface area (TPSA) is 45.2 Å². The van der Waals surface area contributed by atoms with Gasteiger partial charge >= 0.3 is 0 Å². The molecule has 2 aliphatic heterocycles. The number of thiazole rings is 1. The molecule has 1 amide bonds. The fourth-order valence-corrected chi connectivity index (χ4v) is 4.52. The molecule has 0 spiro atoms. The Kier molecular flexibility index (Phi) is 5.14. The van der Waals surface area contributed by atoms with Gasteiger partial charge in [0.05, 0.1) is 16.7 Å². The van der Waals surface area contributed by atoms with Crippen LogP contribution in [0.15, 0.2) is 5.38 Å². The van der Waals surface area contributed by atoms with Crippen LogP contribution in [0.5, 0.6) is 0 Å². The van der Waals surface area contributed by atoms with Gasteiger partial charge in [-0.2, -0.15) is 0 Å². The van der Waals surface area contributed by atoms with Crippen molar-refractivity contribution in [3.8, 4) is 0 Å². The lowest BCUT2D eigenvalue weighted by Crippen LogP contribution is -2.51. The van der Waals surface area contributed by atoms with Crippen molar-refractivity contribution < 1.29 is 4.79 Å². The van der Waals surface area contributed by atoms with E-state index in [9.17, 15) is 4.79 Å². The number of aromatic nitrogens is 1. The van der Waals surface area contributed by atoms with E-state index in [4.69, 9.17) is 4.98 Å². The van der Waals surface area contributed by atoms with Crippen molar-refractivity contribution >= 4 is 17.2 Å². The minimum atomic E-state index is 0.0509. The molecule has 2 fully saturated rings. The minimum absolute atomic E-state index is 0.0509. The Morgan fingerprint density at radius 2 is 2.23 bits per heavy atom. The summed E-state index contributed by atoms with van der Waals surface area (Å²) in [6.45, 7) is 7.12. The van der Waals surface area contributed by atoms with Gasteiger partial charge in [-0.3, -0.25) is 4.79 Å². The molecule has 0 radical (unpaired) electrons. The van der Waals surface area contributed by atoms with Gasteiger partial charge in [0.2, 0.25) is 5.91 Å². The van der Waals surface area contributed by atoms with Crippen LogP contribution in [-0.2, 0) is 4.79 Å². The second-order valence-electron chi connectivity index (χ2n) is 6.89. The van der Waals surface area contributed by atoms with Gasteiger partial charge in [0, 0.05) is 24.4 Å². The molecular weight excluding hydrogens is 294 g/mol. The number of nitrogens with one attached hydrogen (secondary N) is 1. The zero-order chi connectivity index (χ0) is 15.5. The first-order chi connectivity index (χ1) is 10.6. The van der Waals surface area contributed by atoms with Crippen LogP contribution in [-0.4, -0.2) is 41.5 Å². The Balaban J connectivity index is 1.64. The SMILES string of the molecule is CC(C)c1csc(C2CCCN(C(=O)[C@H]3CCCCN3)C2)n1. The van der Waals surface area contributed by atoms with Crippen LogP contribution < -0.4 is 5.32 Å². The fraction of sp³-hybridized carbons (Fsp3) is 0.765. The first-order valence-electron chi connectivity index (χ1n) is 8.62. The first-order valence-corrected chi connectivity index (χ1v) is 9.50. The molecule has 2 atom stereocenters. The average molecular weight is 321 g/mol. The fourth-order valence-electron chi connectivity index (χ4n) is 3.42. The Labute approximate surface area is 137 Å². The summed E-state index contributed by atoms with van der Waals surface area (Å²) in [6.07, 6.45) is 5.62. The molecule has 4 nitrogen and oxygen atoms in total. The van der Waals surface area contributed by atoms with Crippen molar-refractivity contribution in [3.63, 3.8) is 0 Å². The molecule has 0 aromatic carbocycles. The summed E-state index contributed by atoms with van der Waals surface area (Å²) in [5, 5.41) is 6.79. The Hall–Kier alpha value is -0.940. The summed E-state index contributed by atoms with van der Waals surface area (Å²) in [7, 11) is 0. The number of likely N-dealkylation sites (tertiary alicyclic amines) is 1. The predicted molar refractivity (Wildman–Crippen MR) is 90.4 cm³/mol. The monoisotopic (exact) mass is 321 g/mol. The van der Waals surface area contributed by atoms with Crippen LogP contribution in [0.25, 0.3) is 0 Å². The van der Waals surface area contributed by atoms with Gasteiger partial charge in [-0.1, -0.05) is 20.3 Å². The van der Waals surface area contributed by atoms with E-state index >= 15 is 0 Å². The van der Waals surface area contributed by atoms with Gasteiger partial charge in [0.1, 0.15) is 0 Å². The van der Waals surface area contributed by atoms with Crippen LogP contribution in [0.3, 0.4) is 0 Å². The lowest BCUT2D eigenvalue weighted by molar-refractivity contribution is -0.135. The highest BCUT2D eigenvalue weighted by Crippen LogP contribution is 2.31. The predicted octanol–water partition coefficient (Wildman–Crippen LogP) is 3.11. The molecule has 2 aliphatic rings. The third-order valence-corrected chi connectivity index (χ3v) is 5.85. The van der Waals surface area contributed by atoms with Crippen molar-refractivity contribution in [3.05, 3.63) is 16.1 Å². The van der Waals surface area contributed by atoms with E-state index in [2.05, 4.69) is 29.4 Å². The molecule has 1 unspecified atom stereocenters. The lowest BCUT2D eigenvalue weighted by atomic mass is 9.96. The molecule has 2 saturated heterocycles. The zero-order valence-electron chi connectivity index (χ0n) is 13.7. The maximum absolute atomic E-state index is 12.7. The number of carbonyl (C=O) groups is 1. The lowest BCUT2D eigenvalue weighted by Gasteiger charge is -2.35. The summed E-state index contributed by atoms with van der Waals surface area (Å²) < 4.78 is 0. The molecular formula is C17H27N3OS. The molecule has 1 aromatic heterocycles. The molecule has 3 rings (SSSR count). The van der Waals surface area contributed by atoms with Gasteiger partial charge in [-0.25, -0.2) is 4.98 Å². The average Bonchev–Trinajstić information content (AvgIpc) is 3.05. The van der Waals surface area contributed by atoms with E-state index in [1.54, 1.807) is 11.3 Å². The molecule has 122 valence electrons. The van der Waals surface area contributed by atoms with Crippen molar-refractivity contribution in [2.45, 2.75) is 63.8 Å². The highest BCUT2D eigenvalue weighted by Gasteiger charge is 2.31. The number of piperidine rings is 2. The van der Waals surface area contributed by atoms with Gasteiger partial charge in [0.25, 0.3) is 0 Å². The number of amides is 1. The molecule has 3 heterocycles. The van der Waals surface area contributed by atoms with Gasteiger partial charge in [-0.05, 0) is 38.1 Å². The van der Waals surface area contributed by atoms with Crippen molar-refractivity contribution in [1.29, 1.82) is 0 Å². The quantitative estimate of drug-likeness (QED) is 0.930. The van der Waals surface area contributed by atoms with E-state index in [1.165, 1.54) is 23.5 Å². The van der Waals surface area contributed by atoms with Crippen LogP contribution in [0, 0.1) is 0 Å². The maximum atomic E-state index is 12.7. The van der Waals surface area contributed by atoms with Crippen molar-refractivity contribution in [2.24, 2.45) is 0 Å². The zero-order valence-corrected chi connectivity index (χ0v) is 14.5. The molecule has 0 aliphatic carbocycles. The van der Waals surface area contributed by atoms with Crippen LogP contribution in [0.2, 0.25) is 0 Å². The normalized spacial score (nSPS) is 26.4. The number of hydrogen-bond acceptors (Lipinski definition) is 4. The summed E-state index contributed by atoms with van der Waals surface area (Å²) in [5.41, 5.74) is 1.19. The molecule has 0 saturated carbocycles. The molecule has 1 N–H and O–H groups in total. The van der Waals surface area contributed by atoms with Gasteiger partial charge in [0.15, 0.2) is 0 Å². The first kappa shape index (κ1) is 15.9. The smallest absolute Gasteiger partial charge is 0.239 e. The number of rotatable bonds is 3. The van der Waals surface area contributed by atoms with Crippen LogP contribution in [0.1, 0.15) is 68.5 Å². The Bertz CT molecular complexity index is 508. The molecule has 22 heavy (non-hydrogen) atoms. The number of carbonyl (C=O) groups excluding carboxylic acids is 1. The van der Waals surface area contributed by atoms with E-state index in [0.29, 0.717) is 17.7 Å². The maximum Gasteiger partial charge on any atom is 0.239 e. The van der Waals surface area contributed by atoms with Gasteiger partial charge in [-0.15, -0.1) is 11.3 Å². The molecule has 1 aromatic rings. The summed E-state index contributed by atoms with van der Waals surface area (Å²) >= 11 is 1.77. The van der Waals surface area contributed by atoms with Crippen LogP contribution in [0.4, 0.5) is 0 Å². The molecule has 5 heteroatoms. The standard InChI is InChI=1S/C17H27N3OS/c1-12(2)15-11-22-16(19-15)13-6-5-9-20(10-13)17(21)14-7-3-4-8-18-14/h11-14,18H,3-10H2,1-2H3/t13?,14-/m1/s1. The minimum Gasteiger partial charge on any atom is -0.341 e. The second kappa shape index (κ2) is 7.09. The second-order valence-corrected chi connectivity index (χ2v) is 7.78.